The molecule has 118 valence electrons. The zero-order chi connectivity index (χ0) is 15.6. The Bertz CT molecular complexity index is 617. The second kappa shape index (κ2) is 6.43. The smallest absolute Gasteiger partial charge is 0.244 e. The van der Waals surface area contributed by atoms with Gasteiger partial charge in [-0.05, 0) is 19.9 Å². The largest absolute Gasteiger partial charge is 0.340 e. The third-order valence-corrected chi connectivity index (χ3v) is 6.68. The first-order valence-corrected chi connectivity index (χ1v) is 9.17. The topological polar surface area (TPSA) is 83.7 Å². The van der Waals surface area contributed by atoms with E-state index >= 15 is 0 Å². The molecule has 1 amide bonds. The highest BCUT2D eigenvalue weighted by molar-refractivity contribution is 7.89. The third-order valence-electron chi connectivity index (χ3n) is 3.56. The molecule has 6 nitrogen and oxygen atoms in total. The molecule has 2 rings (SSSR count). The Hall–Kier alpha value is -0.960. The summed E-state index contributed by atoms with van der Waals surface area (Å²) in [6.07, 6.45) is 0.315. The maximum absolute atomic E-state index is 12.6. The highest BCUT2D eigenvalue weighted by Crippen LogP contribution is 2.28. The first kappa shape index (κ1) is 16.4. The van der Waals surface area contributed by atoms with Crippen molar-refractivity contribution in [3.63, 3.8) is 0 Å². The van der Waals surface area contributed by atoms with Crippen LogP contribution in [0.4, 0.5) is 0 Å². The van der Waals surface area contributed by atoms with Crippen LogP contribution in [0.3, 0.4) is 0 Å². The van der Waals surface area contributed by atoms with E-state index in [1.807, 2.05) is 13.8 Å². The molecule has 21 heavy (non-hydrogen) atoms. The quantitative estimate of drug-likeness (QED) is 0.873. The van der Waals surface area contributed by atoms with Crippen molar-refractivity contribution in [3.8, 4) is 0 Å². The van der Waals surface area contributed by atoms with Crippen LogP contribution in [-0.2, 0) is 14.8 Å². The monoisotopic (exact) mass is 331 g/mol. The molecule has 1 aromatic rings. The van der Waals surface area contributed by atoms with Crippen LogP contribution < -0.4 is 5.73 Å². The molecule has 1 fully saturated rings. The van der Waals surface area contributed by atoms with Gasteiger partial charge in [-0.1, -0.05) is 0 Å². The summed E-state index contributed by atoms with van der Waals surface area (Å²) in [7, 11) is -3.45. The van der Waals surface area contributed by atoms with Crippen molar-refractivity contribution in [1.29, 1.82) is 0 Å². The Morgan fingerprint density at radius 1 is 1.29 bits per heavy atom. The highest BCUT2D eigenvalue weighted by atomic mass is 32.2. The number of piperazine rings is 1. The summed E-state index contributed by atoms with van der Waals surface area (Å²) in [4.78, 5) is 15.6. The number of carbonyl (C=O) groups excluding carboxylic acids is 1. The Labute approximate surface area is 129 Å². The SMILES string of the molecule is Cc1cc(S(=O)(=O)N2CCN(C(=O)CCN)CC2)c(C)s1. The number of hydrogen-bond acceptors (Lipinski definition) is 5. The van der Waals surface area contributed by atoms with Gasteiger partial charge >= 0.3 is 0 Å². The van der Waals surface area contributed by atoms with E-state index in [4.69, 9.17) is 5.73 Å². The van der Waals surface area contributed by atoms with Crippen LogP contribution >= 0.6 is 11.3 Å². The van der Waals surface area contributed by atoms with Gasteiger partial charge in [0.2, 0.25) is 15.9 Å². The van der Waals surface area contributed by atoms with Crippen molar-refractivity contribution in [3.05, 3.63) is 15.8 Å². The van der Waals surface area contributed by atoms with Gasteiger partial charge in [-0.25, -0.2) is 8.42 Å². The molecule has 1 aliphatic heterocycles. The number of carbonyl (C=O) groups is 1. The van der Waals surface area contributed by atoms with E-state index < -0.39 is 10.0 Å². The Kier molecular flexibility index (Phi) is 5.03. The normalized spacial score (nSPS) is 17.2. The van der Waals surface area contributed by atoms with E-state index in [-0.39, 0.29) is 5.91 Å². The lowest BCUT2D eigenvalue weighted by atomic mass is 10.3. The van der Waals surface area contributed by atoms with Gasteiger partial charge in [-0.3, -0.25) is 4.79 Å². The van der Waals surface area contributed by atoms with Crippen molar-refractivity contribution in [1.82, 2.24) is 9.21 Å². The molecule has 1 aliphatic rings. The summed E-state index contributed by atoms with van der Waals surface area (Å²) in [5, 5.41) is 0. The summed E-state index contributed by atoms with van der Waals surface area (Å²) in [5.74, 6) is -0.00268. The lowest BCUT2D eigenvalue weighted by Crippen LogP contribution is -2.50. The molecule has 2 heterocycles. The van der Waals surface area contributed by atoms with Crippen molar-refractivity contribution in [2.75, 3.05) is 32.7 Å². The van der Waals surface area contributed by atoms with Gasteiger partial charge in [0.15, 0.2) is 0 Å². The molecule has 1 saturated heterocycles. The molecule has 1 aromatic heterocycles. The third kappa shape index (κ3) is 3.45. The molecule has 0 atom stereocenters. The number of aryl methyl sites for hydroxylation is 2. The van der Waals surface area contributed by atoms with Crippen molar-refractivity contribution in [2.45, 2.75) is 25.2 Å². The molecule has 0 aliphatic carbocycles. The first-order valence-electron chi connectivity index (χ1n) is 6.91. The van der Waals surface area contributed by atoms with Crippen LogP contribution in [0.15, 0.2) is 11.0 Å². The standard InChI is InChI=1S/C13H21N3O3S2/c1-10-9-12(11(2)20-10)21(18,19)16-7-5-15(6-8-16)13(17)3-4-14/h9H,3-8,14H2,1-2H3. The van der Waals surface area contributed by atoms with Crippen LogP contribution in [0.25, 0.3) is 0 Å². The Morgan fingerprint density at radius 3 is 2.38 bits per heavy atom. The Morgan fingerprint density at radius 2 is 1.90 bits per heavy atom. The van der Waals surface area contributed by atoms with E-state index in [1.54, 1.807) is 11.0 Å². The maximum Gasteiger partial charge on any atom is 0.244 e. The summed E-state index contributed by atoms with van der Waals surface area (Å²) in [6.45, 7) is 5.59. The number of rotatable bonds is 4. The number of amides is 1. The first-order chi connectivity index (χ1) is 9.86. The number of sulfonamides is 1. The van der Waals surface area contributed by atoms with Gasteiger partial charge in [0.25, 0.3) is 0 Å². The zero-order valence-electron chi connectivity index (χ0n) is 12.3. The van der Waals surface area contributed by atoms with Gasteiger partial charge < -0.3 is 10.6 Å². The number of thiophene rings is 1. The van der Waals surface area contributed by atoms with E-state index in [2.05, 4.69) is 0 Å². The fourth-order valence-electron chi connectivity index (χ4n) is 2.46. The van der Waals surface area contributed by atoms with Crippen molar-refractivity contribution < 1.29 is 13.2 Å². The van der Waals surface area contributed by atoms with E-state index in [0.717, 1.165) is 9.75 Å². The minimum atomic E-state index is -3.45. The average Bonchev–Trinajstić information content (AvgIpc) is 2.79. The number of hydrogen-bond donors (Lipinski definition) is 1. The second-order valence-corrected chi connectivity index (χ2v) is 8.47. The summed E-state index contributed by atoms with van der Waals surface area (Å²) >= 11 is 1.49. The second-order valence-electron chi connectivity index (χ2n) is 5.10. The molecule has 8 heteroatoms. The zero-order valence-corrected chi connectivity index (χ0v) is 14.0. The van der Waals surface area contributed by atoms with Gasteiger partial charge in [0, 0.05) is 48.9 Å². The minimum Gasteiger partial charge on any atom is -0.340 e. The van der Waals surface area contributed by atoms with Gasteiger partial charge in [0.05, 0.1) is 4.90 Å². The van der Waals surface area contributed by atoms with Gasteiger partial charge in [0.1, 0.15) is 0 Å². The molecule has 0 spiro atoms. The van der Waals surface area contributed by atoms with Crippen LogP contribution in [0.2, 0.25) is 0 Å². The van der Waals surface area contributed by atoms with Gasteiger partial charge in [-0.15, -0.1) is 11.3 Å². The molecule has 0 radical (unpaired) electrons. The summed E-state index contributed by atoms with van der Waals surface area (Å²) < 4.78 is 26.7. The van der Waals surface area contributed by atoms with Crippen molar-refractivity contribution in [2.24, 2.45) is 5.73 Å². The summed E-state index contributed by atoms with van der Waals surface area (Å²) in [5.41, 5.74) is 5.37. The maximum atomic E-state index is 12.6. The van der Waals surface area contributed by atoms with E-state index in [0.29, 0.717) is 44.0 Å². The van der Waals surface area contributed by atoms with Crippen LogP contribution in [0.1, 0.15) is 16.2 Å². The Balaban J connectivity index is 2.08. The molecule has 2 N–H and O–H groups in total. The fraction of sp³-hybridized carbons (Fsp3) is 0.615. The fourth-order valence-corrected chi connectivity index (χ4v) is 5.41. The lowest BCUT2D eigenvalue weighted by Gasteiger charge is -2.34. The van der Waals surface area contributed by atoms with E-state index in [9.17, 15) is 13.2 Å². The van der Waals surface area contributed by atoms with Crippen LogP contribution in [0.5, 0.6) is 0 Å². The average molecular weight is 331 g/mol. The molecule has 0 aromatic carbocycles. The molecule has 0 unspecified atom stereocenters. The molecular weight excluding hydrogens is 310 g/mol. The molecule has 0 saturated carbocycles. The summed E-state index contributed by atoms with van der Waals surface area (Å²) in [6, 6.07) is 1.72. The predicted molar refractivity (Wildman–Crippen MR) is 82.8 cm³/mol. The van der Waals surface area contributed by atoms with Crippen LogP contribution in [0, 0.1) is 13.8 Å². The molecule has 0 bridgehead atoms. The number of nitrogens with zero attached hydrogens (tertiary/aromatic N) is 2. The van der Waals surface area contributed by atoms with Crippen LogP contribution in [-0.4, -0.2) is 56.3 Å². The van der Waals surface area contributed by atoms with Crippen molar-refractivity contribution >= 4 is 27.3 Å². The highest BCUT2D eigenvalue weighted by Gasteiger charge is 2.31. The number of nitrogens with two attached hydrogens (primary N) is 1. The lowest BCUT2D eigenvalue weighted by molar-refractivity contribution is -0.132. The predicted octanol–water partition coefficient (Wildman–Crippen LogP) is 0.547. The minimum absolute atomic E-state index is 0.00268. The molecular formula is C13H21N3O3S2. The van der Waals surface area contributed by atoms with Gasteiger partial charge in [-0.2, -0.15) is 4.31 Å². The van der Waals surface area contributed by atoms with E-state index in [1.165, 1.54) is 15.6 Å².